The van der Waals surface area contributed by atoms with Crippen molar-refractivity contribution in [2.45, 2.75) is 45.1 Å². The maximum atomic E-state index is 11.7. The number of aliphatic carboxylic acids is 1. The fourth-order valence-corrected chi connectivity index (χ4v) is 2.22. The lowest BCUT2D eigenvalue weighted by Crippen LogP contribution is -2.42. The predicted molar refractivity (Wildman–Crippen MR) is 64.6 cm³/mol. The molecule has 1 unspecified atom stereocenters. The first-order valence-corrected chi connectivity index (χ1v) is 6.29. The van der Waals surface area contributed by atoms with Crippen molar-refractivity contribution in [1.29, 1.82) is 0 Å². The summed E-state index contributed by atoms with van der Waals surface area (Å²) in [5, 5.41) is 9.17. The van der Waals surface area contributed by atoms with Crippen LogP contribution in [0.2, 0.25) is 0 Å². The molecule has 0 bridgehead atoms. The van der Waals surface area contributed by atoms with Crippen LogP contribution in [0.4, 0.5) is 0 Å². The van der Waals surface area contributed by atoms with Gasteiger partial charge in [-0.25, -0.2) is 4.79 Å². The Hall–Kier alpha value is -1.59. The minimum absolute atomic E-state index is 0.0346. The maximum Gasteiger partial charge on any atom is 0.326 e. The Kier molecular flexibility index (Phi) is 5.12. The van der Waals surface area contributed by atoms with E-state index in [4.69, 9.17) is 10.8 Å². The lowest BCUT2D eigenvalue weighted by molar-refractivity contribution is -0.148. The lowest BCUT2D eigenvalue weighted by atomic mass is 10.1. The number of nitrogens with zero attached hydrogens (tertiary/aromatic N) is 1. The Morgan fingerprint density at radius 1 is 1.50 bits per heavy atom. The number of nitrogens with two attached hydrogens (primary N) is 1. The molecule has 1 rings (SSSR count). The second-order valence-electron chi connectivity index (χ2n) is 4.70. The molecule has 2 atom stereocenters. The molecule has 0 aromatic rings. The van der Waals surface area contributed by atoms with Gasteiger partial charge in [0.15, 0.2) is 0 Å². The van der Waals surface area contributed by atoms with Crippen molar-refractivity contribution >= 4 is 17.8 Å². The summed E-state index contributed by atoms with van der Waals surface area (Å²) < 4.78 is 0. The van der Waals surface area contributed by atoms with E-state index in [1.54, 1.807) is 0 Å². The van der Waals surface area contributed by atoms with Crippen LogP contribution in [0.25, 0.3) is 0 Å². The molecule has 6 nitrogen and oxygen atoms in total. The van der Waals surface area contributed by atoms with Crippen LogP contribution < -0.4 is 5.73 Å². The molecule has 0 aromatic carbocycles. The molecule has 0 aromatic heterocycles. The number of carbonyl (C=O) groups excluding carboxylic acids is 2. The van der Waals surface area contributed by atoms with Crippen LogP contribution in [0.3, 0.4) is 0 Å². The highest BCUT2D eigenvalue weighted by atomic mass is 16.4. The average Bonchev–Trinajstić information content (AvgIpc) is 2.66. The van der Waals surface area contributed by atoms with Gasteiger partial charge in [-0.05, 0) is 6.42 Å². The van der Waals surface area contributed by atoms with E-state index in [0.29, 0.717) is 6.42 Å². The van der Waals surface area contributed by atoms with Gasteiger partial charge in [-0.2, -0.15) is 0 Å². The molecular weight excluding hydrogens is 236 g/mol. The monoisotopic (exact) mass is 256 g/mol. The van der Waals surface area contributed by atoms with E-state index < -0.39 is 23.8 Å². The van der Waals surface area contributed by atoms with Crippen molar-refractivity contribution in [2.24, 2.45) is 11.7 Å². The SMILES string of the molecule is CCCCC[C@@H](C(=O)O)N1CC(C(N)=O)CC1=O. The summed E-state index contributed by atoms with van der Waals surface area (Å²) in [5.41, 5.74) is 5.15. The Morgan fingerprint density at radius 3 is 2.61 bits per heavy atom. The number of carboxylic acid groups (broad SMARTS) is 1. The largest absolute Gasteiger partial charge is 0.480 e. The topological polar surface area (TPSA) is 101 Å². The molecule has 1 fully saturated rings. The molecule has 18 heavy (non-hydrogen) atoms. The Labute approximate surface area is 106 Å². The Bertz CT molecular complexity index is 343. The Balaban J connectivity index is 2.65. The summed E-state index contributed by atoms with van der Waals surface area (Å²) in [6, 6.07) is -0.826. The number of carbonyl (C=O) groups is 3. The van der Waals surface area contributed by atoms with Crippen LogP contribution in [-0.2, 0) is 14.4 Å². The first kappa shape index (κ1) is 14.5. The minimum Gasteiger partial charge on any atom is -0.480 e. The zero-order chi connectivity index (χ0) is 13.7. The highest BCUT2D eigenvalue weighted by molar-refractivity contribution is 5.91. The van der Waals surface area contributed by atoms with Crippen LogP contribution in [0.1, 0.15) is 39.0 Å². The first-order valence-electron chi connectivity index (χ1n) is 6.29. The number of amides is 2. The number of hydrogen-bond acceptors (Lipinski definition) is 3. The number of primary amides is 1. The third-order valence-electron chi connectivity index (χ3n) is 3.30. The molecule has 0 spiro atoms. The minimum atomic E-state index is -1.01. The van der Waals surface area contributed by atoms with Gasteiger partial charge < -0.3 is 15.7 Å². The maximum absolute atomic E-state index is 11.7. The van der Waals surface area contributed by atoms with Gasteiger partial charge in [-0.1, -0.05) is 26.2 Å². The number of likely N-dealkylation sites (tertiary alicyclic amines) is 1. The fourth-order valence-electron chi connectivity index (χ4n) is 2.22. The molecule has 102 valence electrons. The second-order valence-corrected chi connectivity index (χ2v) is 4.70. The smallest absolute Gasteiger partial charge is 0.326 e. The van der Waals surface area contributed by atoms with Gasteiger partial charge in [0.25, 0.3) is 0 Å². The summed E-state index contributed by atoms with van der Waals surface area (Å²) in [7, 11) is 0. The van der Waals surface area contributed by atoms with Gasteiger partial charge >= 0.3 is 5.97 Å². The molecule has 0 aliphatic carbocycles. The van der Waals surface area contributed by atoms with Gasteiger partial charge in [0.05, 0.1) is 5.92 Å². The summed E-state index contributed by atoms with van der Waals surface area (Å²) in [6.45, 7) is 2.16. The van der Waals surface area contributed by atoms with Crippen molar-refractivity contribution < 1.29 is 19.5 Å². The quantitative estimate of drug-likeness (QED) is 0.642. The molecule has 2 amide bonds. The van der Waals surface area contributed by atoms with E-state index in [9.17, 15) is 14.4 Å². The van der Waals surface area contributed by atoms with Gasteiger partial charge in [0.2, 0.25) is 11.8 Å². The summed E-state index contributed by atoms with van der Waals surface area (Å²) in [6.07, 6.45) is 3.15. The number of hydrogen-bond donors (Lipinski definition) is 2. The van der Waals surface area contributed by atoms with Gasteiger partial charge in [-0.15, -0.1) is 0 Å². The number of carboxylic acids is 1. The van der Waals surface area contributed by atoms with Crippen LogP contribution in [0, 0.1) is 5.92 Å². The molecule has 0 saturated carbocycles. The van der Waals surface area contributed by atoms with Crippen molar-refractivity contribution in [3.05, 3.63) is 0 Å². The van der Waals surface area contributed by atoms with Crippen molar-refractivity contribution in [3.8, 4) is 0 Å². The zero-order valence-corrected chi connectivity index (χ0v) is 10.6. The van der Waals surface area contributed by atoms with E-state index in [-0.39, 0.29) is 18.9 Å². The molecule has 0 radical (unpaired) electrons. The van der Waals surface area contributed by atoms with Crippen LogP contribution >= 0.6 is 0 Å². The molecule has 3 N–H and O–H groups in total. The van der Waals surface area contributed by atoms with Gasteiger partial charge in [0, 0.05) is 13.0 Å². The Morgan fingerprint density at radius 2 is 2.17 bits per heavy atom. The van der Waals surface area contributed by atoms with Gasteiger partial charge in [0.1, 0.15) is 6.04 Å². The third kappa shape index (κ3) is 3.45. The molecule has 6 heteroatoms. The standard InChI is InChI=1S/C12H20N2O4/c1-2-3-4-5-9(12(17)18)14-7-8(11(13)16)6-10(14)15/h8-9H,2-7H2,1H3,(H2,13,16)(H,17,18)/t8?,9-/m0/s1. The molecule has 1 aliphatic heterocycles. The van der Waals surface area contributed by atoms with Crippen molar-refractivity contribution in [1.82, 2.24) is 4.90 Å². The number of rotatable bonds is 7. The van der Waals surface area contributed by atoms with Crippen molar-refractivity contribution in [3.63, 3.8) is 0 Å². The van der Waals surface area contributed by atoms with Gasteiger partial charge in [-0.3, -0.25) is 9.59 Å². The van der Waals surface area contributed by atoms with Crippen molar-refractivity contribution in [2.75, 3.05) is 6.54 Å². The van der Waals surface area contributed by atoms with Crippen LogP contribution in [-0.4, -0.2) is 40.4 Å². The molecule has 1 aliphatic rings. The summed E-state index contributed by atoms with van der Waals surface area (Å²) in [4.78, 5) is 35.2. The second kappa shape index (κ2) is 6.37. The highest BCUT2D eigenvalue weighted by Gasteiger charge is 2.39. The van der Waals surface area contributed by atoms with E-state index in [0.717, 1.165) is 19.3 Å². The molecular formula is C12H20N2O4. The van der Waals surface area contributed by atoms with E-state index in [2.05, 4.69) is 0 Å². The average molecular weight is 256 g/mol. The normalized spacial score (nSPS) is 21.1. The van der Waals surface area contributed by atoms with E-state index >= 15 is 0 Å². The van der Waals surface area contributed by atoms with E-state index in [1.165, 1.54) is 4.90 Å². The molecule has 1 heterocycles. The zero-order valence-electron chi connectivity index (χ0n) is 10.6. The summed E-state index contributed by atoms with van der Waals surface area (Å²) in [5.74, 6) is -2.39. The fraction of sp³-hybridized carbons (Fsp3) is 0.750. The third-order valence-corrected chi connectivity index (χ3v) is 3.30. The van der Waals surface area contributed by atoms with Crippen LogP contribution in [0.15, 0.2) is 0 Å². The van der Waals surface area contributed by atoms with E-state index in [1.807, 2.05) is 6.92 Å². The first-order chi connectivity index (χ1) is 8.47. The number of unbranched alkanes of at least 4 members (excludes halogenated alkanes) is 2. The lowest BCUT2D eigenvalue weighted by Gasteiger charge is -2.24. The van der Waals surface area contributed by atoms with Crippen LogP contribution in [0.5, 0.6) is 0 Å². The predicted octanol–water partition coefficient (Wildman–Crippen LogP) is 0.354. The molecule has 1 saturated heterocycles. The summed E-state index contributed by atoms with van der Waals surface area (Å²) >= 11 is 0. The highest BCUT2D eigenvalue weighted by Crippen LogP contribution is 2.22.